The van der Waals surface area contributed by atoms with E-state index < -0.39 is 25.5 Å². The maximum Gasteiger partial charge on any atom is 0.330 e. The number of hydrogen-bond donors (Lipinski definition) is 2. The minimum absolute atomic E-state index is 0.0207. The molecule has 0 bridgehead atoms. The standard InChI is InChI=1S/C8H17O5P/c1-6(2)14(10,11)13-5-8-7(9)3-4-12-8/h6-9H,3-5H2,1-2H3,(H,10,11). The van der Waals surface area contributed by atoms with Gasteiger partial charge in [0, 0.05) is 6.61 Å². The van der Waals surface area contributed by atoms with E-state index >= 15 is 0 Å². The SMILES string of the molecule is CC(C)P(=O)(O)OCC1OCCC1O. The molecule has 2 N–H and O–H groups in total. The average Bonchev–Trinajstić information content (AvgIpc) is 2.47. The van der Waals surface area contributed by atoms with Gasteiger partial charge in [-0.05, 0) is 6.42 Å². The summed E-state index contributed by atoms with van der Waals surface area (Å²) in [5.41, 5.74) is -0.430. The van der Waals surface area contributed by atoms with E-state index in [1.807, 2.05) is 0 Å². The Kier molecular flexibility index (Phi) is 4.10. The lowest BCUT2D eigenvalue weighted by molar-refractivity contribution is 0.00807. The average molecular weight is 224 g/mol. The zero-order chi connectivity index (χ0) is 10.8. The van der Waals surface area contributed by atoms with Gasteiger partial charge in [0.2, 0.25) is 0 Å². The molecule has 1 rings (SSSR count). The molecule has 1 heterocycles. The Morgan fingerprint density at radius 1 is 1.64 bits per heavy atom. The minimum atomic E-state index is -3.53. The fraction of sp³-hybridized carbons (Fsp3) is 1.00. The van der Waals surface area contributed by atoms with E-state index in [9.17, 15) is 14.6 Å². The van der Waals surface area contributed by atoms with Crippen LogP contribution in [0, 0.1) is 0 Å². The Bertz CT molecular complexity index is 230. The van der Waals surface area contributed by atoms with Crippen LogP contribution in [0.1, 0.15) is 20.3 Å². The summed E-state index contributed by atoms with van der Waals surface area (Å²) in [6, 6.07) is 0. The van der Waals surface area contributed by atoms with Crippen LogP contribution in [-0.4, -0.2) is 41.1 Å². The molecule has 0 radical (unpaired) electrons. The highest BCUT2D eigenvalue weighted by atomic mass is 31.2. The first-order valence-electron chi connectivity index (χ1n) is 4.70. The first kappa shape index (κ1) is 12.1. The first-order valence-corrected chi connectivity index (χ1v) is 6.35. The number of ether oxygens (including phenoxy) is 1. The van der Waals surface area contributed by atoms with Gasteiger partial charge in [0.15, 0.2) is 0 Å². The highest BCUT2D eigenvalue weighted by Crippen LogP contribution is 2.47. The van der Waals surface area contributed by atoms with Crippen molar-refractivity contribution < 1.29 is 23.8 Å². The Hall–Kier alpha value is 0.0700. The van der Waals surface area contributed by atoms with Crippen LogP contribution < -0.4 is 0 Å². The van der Waals surface area contributed by atoms with Crippen molar-refractivity contribution in [1.82, 2.24) is 0 Å². The van der Waals surface area contributed by atoms with Crippen LogP contribution in [0.25, 0.3) is 0 Å². The van der Waals surface area contributed by atoms with E-state index in [0.717, 1.165) is 0 Å². The van der Waals surface area contributed by atoms with Crippen molar-refractivity contribution in [3.8, 4) is 0 Å². The van der Waals surface area contributed by atoms with Crippen LogP contribution in [0.3, 0.4) is 0 Å². The van der Waals surface area contributed by atoms with Crippen LogP contribution in [0.4, 0.5) is 0 Å². The molecule has 1 aliphatic heterocycles. The van der Waals surface area contributed by atoms with Gasteiger partial charge in [0.05, 0.1) is 18.4 Å². The van der Waals surface area contributed by atoms with E-state index in [1.165, 1.54) is 0 Å². The normalized spacial score (nSPS) is 32.1. The van der Waals surface area contributed by atoms with Crippen LogP contribution in [0.15, 0.2) is 0 Å². The van der Waals surface area contributed by atoms with Crippen molar-refractivity contribution in [3.63, 3.8) is 0 Å². The van der Waals surface area contributed by atoms with Crippen molar-refractivity contribution >= 4 is 7.60 Å². The third-order valence-corrected chi connectivity index (χ3v) is 4.08. The minimum Gasteiger partial charge on any atom is -0.390 e. The molecule has 1 aliphatic rings. The second kappa shape index (κ2) is 4.73. The fourth-order valence-electron chi connectivity index (χ4n) is 1.13. The summed E-state index contributed by atoms with van der Waals surface area (Å²) < 4.78 is 21.4. The Labute approximate surface area is 83.6 Å². The van der Waals surface area contributed by atoms with Gasteiger partial charge in [-0.25, -0.2) is 0 Å². The molecule has 3 unspecified atom stereocenters. The Morgan fingerprint density at radius 2 is 2.29 bits per heavy atom. The van der Waals surface area contributed by atoms with Crippen molar-refractivity contribution in [3.05, 3.63) is 0 Å². The maximum atomic E-state index is 11.4. The molecule has 0 amide bonds. The van der Waals surface area contributed by atoms with Crippen molar-refractivity contribution in [2.75, 3.05) is 13.2 Å². The van der Waals surface area contributed by atoms with Crippen molar-refractivity contribution in [2.45, 2.75) is 38.1 Å². The van der Waals surface area contributed by atoms with Crippen LogP contribution >= 0.6 is 7.60 Å². The molecule has 0 aromatic heterocycles. The molecule has 84 valence electrons. The molecular formula is C8H17O5P. The summed E-state index contributed by atoms with van der Waals surface area (Å²) in [4.78, 5) is 9.33. The summed E-state index contributed by atoms with van der Waals surface area (Å²) in [5.74, 6) is 0. The Morgan fingerprint density at radius 3 is 2.71 bits per heavy atom. The molecule has 0 aromatic rings. The topological polar surface area (TPSA) is 76.0 Å². The van der Waals surface area contributed by atoms with E-state index in [1.54, 1.807) is 13.8 Å². The van der Waals surface area contributed by atoms with Gasteiger partial charge in [-0.1, -0.05) is 13.8 Å². The number of hydrogen-bond acceptors (Lipinski definition) is 4. The fourth-order valence-corrected chi connectivity index (χ4v) is 1.78. The number of aliphatic hydroxyl groups is 1. The molecule has 14 heavy (non-hydrogen) atoms. The molecule has 6 heteroatoms. The monoisotopic (exact) mass is 224 g/mol. The van der Waals surface area contributed by atoms with Crippen LogP contribution in [-0.2, 0) is 13.8 Å². The molecule has 0 saturated carbocycles. The third-order valence-electron chi connectivity index (χ3n) is 2.25. The lowest BCUT2D eigenvalue weighted by Gasteiger charge is -2.19. The summed E-state index contributed by atoms with van der Waals surface area (Å²) in [7, 11) is -3.53. The van der Waals surface area contributed by atoms with Gasteiger partial charge in [0.1, 0.15) is 6.10 Å². The molecule has 0 aromatic carbocycles. The summed E-state index contributed by atoms with van der Waals surface area (Å²) in [5, 5.41) is 9.35. The zero-order valence-electron chi connectivity index (χ0n) is 8.42. The third kappa shape index (κ3) is 3.04. The predicted octanol–water partition coefficient (Wildman–Crippen LogP) is 0.747. The van der Waals surface area contributed by atoms with E-state index in [2.05, 4.69) is 0 Å². The molecular weight excluding hydrogens is 207 g/mol. The largest absolute Gasteiger partial charge is 0.390 e. The van der Waals surface area contributed by atoms with Gasteiger partial charge < -0.3 is 19.3 Å². The second-order valence-electron chi connectivity index (χ2n) is 3.72. The van der Waals surface area contributed by atoms with Gasteiger partial charge in [0.25, 0.3) is 0 Å². The molecule has 1 fully saturated rings. The van der Waals surface area contributed by atoms with Crippen molar-refractivity contribution in [1.29, 1.82) is 0 Å². The maximum absolute atomic E-state index is 11.4. The second-order valence-corrected chi connectivity index (χ2v) is 6.14. The predicted molar refractivity (Wildman–Crippen MR) is 51.3 cm³/mol. The zero-order valence-corrected chi connectivity index (χ0v) is 9.31. The molecule has 1 saturated heterocycles. The summed E-state index contributed by atoms with van der Waals surface area (Å²) in [6.45, 7) is 3.69. The van der Waals surface area contributed by atoms with Crippen molar-refractivity contribution in [2.24, 2.45) is 0 Å². The van der Waals surface area contributed by atoms with E-state index in [4.69, 9.17) is 9.26 Å². The van der Waals surface area contributed by atoms with Gasteiger partial charge in [-0.3, -0.25) is 4.57 Å². The lowest BCUT2D eigenvalue weighted by atomic mass is 10.2. The smallest absolute Gasteiger partial charge is 0.330 e. The first-order chi connectivity index (χ1) is 6.43. The number of rotatable bonds is 4. The van der Waals surface area contributed by atoms with E-state index in [0.29, 0.717) is 13.0 Å². The van der Waals surface area contributed by atoms with Crippen LogP contribution in [0.2, 0.25) is 0 Å². The quantitative estimate of drug-likeness (QED) is 0.689. The van der Waals surface area contributed by atoms with Gasteiger partial charge in [-0.2, -0.15) is 0 Å². The highest BCUT2D eigenvalue weighted by molar-refractivity contribution is 7.53. The lowest BCUT2D eigenvalue weighted by Crippen LogP contribution is -2.26. The van der Waals surface area contributed by atoms with Gasteiger partial charge >= 0.3 is 7.60 Å². The summed E-state index contributed by atoms with van der Waals surface area (Å²) >= 11 is 0. The number of aliphatic hydroxyl groups excluding tert-OH is 1. The highest BCUT2D eigenvalue weighted by Gasteiger charge is 2.31. The van der Waals surface area contributed by atoms with Gasteiger partial charge in [-0.15, -0.1) is 0 Å². The van der Waals surface area contributed by atoms with E-state index in [-0.39, 0.29) is 6.61 Å². The van der Waals surface area contributed by atoms with Crippen LogP contribution in [0.5, 0.6) is 0 Å². The molecule has 0 aliphatic carbocycles. The summed E-state index contributed by atoms with van der Waals surface area (Å²) in [6.07, 6.45) is -0.484. The molecule has 0 spiro atoms. The Balaban J connectivity index is 2.36. The molecule has 5 nitrogen and oxygen atoms in total. The molecule has 3 atom stereocenters.